The Labute approximate surface area is 103 Å². The van der Waals surface area contributed by atoms with Crippen molar-refractivity contribution in [3.8, 4) is 0 Å². The van der Waals surface area contributed by atoms with Gasteiger partial charge in [-0.3, -0.25) is 4.79 Å². The highest BCUT2D eigenvalue weighted by atomic mass is 16.3. The predicted octanol–water partition coefficient (Wildman–Crippen LogP) is 2.01. The van der Waals surface area contributed by atoms with Crippen LogP contribution in [0.2, 0.25) is 0 Å². The molecule has 1 fully saturated rings. The molecule has 0 aromatic heterocycles. The number of hydrogen-bond donors (Lipinski definition) is 2. The van der Waals surface area contributed by atoms with Gasteiger partial charge in [-0.05, 0) is 44.4 Å². The summed E-state index contributed by atoms with van der Waals surface area (Å²) in [5, 5.41) is 12.6. The number of carbonyl (C=O) groups is 1. The van der Waals surface area contributed by atoms with Crippen LogP contribution in [-0.4, -0.2) is 23.7 Å². The summed E-state index contributed by atoms with van der Waals surface area (Å²) in [7, 11) is 0. The quantitative estimate of drug-likeness (QED) is 0.738. The Morgan fingerprint density at radius 2 is 2.18 bits per heavy atom. The maximum Gasteiger partial charge on any atom is 0.223 e. The molecule has 1 saturated carbocycles. The van der Waals surface area contributed by atoms with Crippen molar-refractivity contribution in [3.05, 3.63) is 12.2 Å². The molecule has 1 amide bonds. The Morgan fingerprint density at radius 1 is 1.29 bits per heavy atom. The van der Waals surface area contributed by atoms with E-state index in [-0.39, 0.29) is 17.9 Å². The maximum absolute atomic E-state index is 11.9. The van der Waals surface area contributed by atoms with Crippen molar-refractivity contribution in [1.82, 2.24) is 5.32 Å². The zero-order valence-electron chi connectivity index (χ0n) is 10.4. The average molecular weight is 237 g/mol. The molecule has 0 bridgehead atoms. The van der Waals surface area contributed by atoms with Crippen LogP contribution in [0.25, 0.3) is 0 Å². The fourth-order valence-electron chi connectivity index (χ4n) is 2.87. The highest BCUT2D eigenvalue weighted by Gasteiger charge is 2.23. The van der Waals surface area contributed by atoms with E-state index in [9.17, 15) is 9.90 Å². The summed E-state index contributed by atoms with van der Waals surface area (Å²) in [6, 6.07) is 0. The first-order chi connectivity index (χ1) is 8.25. The lowest BCUT2D eigenvalue weighted by atomic mass is 9.87. The van der Waals surface area contributed by atoms with Gasteiger partial charge in [0.15, 0.2) is 0 Å². The number of aliphatic hydroxyl groups excluding tert-OH is 1. The molecule has 2 rings (SSSR count). The van der Waals surface area contributed by atoms with Crippen molar-refractivity contribution in [2.45, 2.75) is 51.0 Å². The van der Waals surface area contributed by atoms with Crippen LogP contribution in [0.4, 0.5) is 0 Å². The van der Waals surface area contributed by atoms with Crippen molar-refractivity contribution < 1.29 is 9.90 Å². The number of rotatable bonds is 3. The number of nitrogens with one attached hydrogen (secondary N) is 1. The lowest BCUT2D eigenvalue weighted by Crippen LogP contribution is -2.36. The minimum atomic E-state index is -0.150. The highest BCUT2D eigenvalue weighted by Crippen LogP contribution is 2.24. The summed E-state index contributed by atoms with van der Waals surface area (Å²) in [5.41, 5.74) is 0. The molecule has 17 heavy (non-hydrogen) atoms. The third-order valence-electron chi connectivity index (χ3n) is 3.96. The van der Waals surface area contributed by atoms with E-state index in [2.05, 4.69) is 17.5 Å². The first kappa shape index (κ1) is 12.6. The van der Waals surface area contributed by atoms with Crippen LogP contribution in [-0.2, 0) is 4.79 Å². The molecule has 3 heteroatoms. The van der Waals surface area contributed by atoms with E-state index in [0.717, 1.165) is 51.5 Å². The second kappa shape index (κ2) is 6.20. The number of carbonyl (C=O) groups excluding carboxylic acids is 1. The van der Waals surface area contributed by atoms with Crippen LogP contribution in [0.5, 0.6) is 0 Å². The second-order valence-electron chi connectivity index (χ2n) is 5.41. The Hall–Kier alpha value is -0.830. The van der Waals surface area contributed by atoms with Gasteiger partial charge in [-0.15, -0.1) is 0 Å². The molecule has 0 aromatic carbocycles. The molecule has 0 spiro atoms. The smallest absolute Gasteiger partial charge is 0.223 e. The largest absolute Gasteiger partial charge is 0.393 e. The van der Waals surface area contributed by atoms with Gasteiger partial charge in [-0.1, -0.05) is 18.6 Å². The highest BCUT2D eigenvalue weighted by molar-refractivity contribution is 5.78. The topological polar surface area (TPSA) is 49.3 Å². The molecular weight excluding hydrogens is 214 g/mol. The lowest BCUT2D eigenvalue weighted by molar-refractivity contribution is -0.125. The number of hydrogen-bond acceptors (Lipinski definition) is 2. The fourth-order valence-corrected chi connectivity index (χ4v) is 2.87. The summed E-state index contributed by atoms with van der Waals surface area (Å²) >= 11 is 0. The van der Waals surface area contributed by atoms with Crippen LogP contribution in [0.1, 0.15) is 44.9 Å². The number of aliphatic hydroxyl groups is 1. The third-order valence-corrected chi connectivity index (χ3v) is 3.96. The Balaban J connectivity index is 1.70. The van der Waals surface area contributed by atoms with E-state index >= 15 is 0 Å². The van der Waals surface area contributed by atoms with Crippen LogP contribution in [0.15, 0.2) is 12.2 Å². The van der Waals surface area contributed by atoms with Gasteiger partial charge in [-0.2, -0.15) is 0 Å². The Bertz CT molecular complexity index is 288. The van der Waals surface area contributed by atoms with Crippen molar-refractivity contribution in [2.75, 3.05) is 6.54 Å². The van der Waals surface area contributed by atoms with Gasteiger partial charge in [-0.25, -0.2) is 0 Å². The SMILES string of the molecule is O=C(NCC1CCCC(O)C1)C1CC=CCC1. The molecule has 0 aliphatic heterocycles. The molecule has 0 aromatic rings. The van der Waals surface area contributed by atoms with Gasteiger partial charge in [0, 0.05) is 12.5 Å². The van der Waals surface area contributed by atoms with Crippen molar-refractivity contribution in [1.29, 1.82) is 0 Å². The zero-order chi connectivity index (χ0) is 12.1. The van der Waals surface area contributed by atoms with E-state index in [1.54, 1.807) is 0 Å². The van der Waals surface area contributed by atoms with E-state index in [4.69, 9.17) is 0 Å². The van der Waals surface area contributed by atoms with E-state index in [1.165, 1.54) is 0 Å². The van der Waals surface area contributed by atoms with Crippen molar-refractivity contribution in [2.24, 2.45) is 11.8 Å². The van der Waals surface area contributed by atoms with Gasteiger partial charge in [0.1, 0.15) is 0 Å². The lowest BCUT2D eigenvalue weighted by Gasteiger charge is -2.27. The summed E-state index contributed by atoms with van der Waals surface area (Å²) in [5.74, 6) is 0.852. The Kier molecular flexibility index (Phi) is 4.60. The molecule has 3 atom stereocenters. The molecule has 0 heterocycles. The number of allylic oxidation sites excluding steroid dienone is 2. The monoisotopic (exact) mass is 237 g/mol. The average Bonchev–Trinajstić information content (AvgIpc) is 2.37. The van der Waals surface area contributed by atoms with Crippen LogP contribution < -0.4 is 5.32 Å². The normalized spacial score (nSPS) is 33.4. The van der Waals surface area contributed by atoms with E-state index in [1.807, 2.05) is 0 Å². The molecular formula is C14H23NO2. The molecule has 2 aliphatic rings. The number of amides is 1. The molecule has 0 radical (unpaired) electrons. The van der Waals surface area contributed by atoms with Gasteiger partial charge < -0.3 is 10.4 Å². The second-order valence-corrected chi connectivity index (χ2v) is 5.41. The van der Waals surface area contributed by atoms with E-state index < -0.39 is 0 Å². The fraction of sp³-hybridized carbons (Fsp3) is 0.786. The third kappa shape index (κ3) is 3.84. The van der Waals surface area contributed by atoms with Crippen molar-refractivity contribution >= 4 is 5.91 Å². The molecule has 3 unspecified atom stereocenters. The summed E-state index contributed by atoms with van der Waals surface area (Å²) in [6.45, 7) is 0.746. The van der Waals surface area contributed by atoms with E-state index in [0.29, 0.717) is 5.92 Å². The summed E-state index contributed by atoms with van der Waals surface area (Å²) in [4.78, 5) is 11.9. The maximum atomic E-state index is 11.9. The van der Waals surface area contributed by atoms with Gasteiger partial charge in [0.05, 0.1) is 6.10 Å². The van der Waals surface area contributed by atoms with Gasteiger partial charge in [0.25, 0.3) is 0 Å². The van der Waals surface area contributed by atoms with Crippen molar-refractivity contribution in [3.63, 3.8) is 0 Å². The zero-order valence-corrected chi connectivity index (χ0v) is 10.4. The molecule has 3 nitrogen and oxygen atoms in total. The summed E-state index contributed by atoms with van der Waals surface area (Å²) < 4.78 is 0. The standard InChI is InChI=1S/C14H23NO2/c16-13-8-4-5-11(9-13)10-15-14(17)12-6-2-1-3-7-12/h1-2,11-13,16H,3-10H2,(H,15,17). The molecule has 96 valence electrons. The first-order valence-corrected chi connectivity index (χ1v) is 6.86. The summed E-state index contributed by atoms with van der Waals surface area (Å²) in [6.07, 6.45) is 11.0. The van der Waals surface area contributed by atoms with Gasteiger partial charge in [0.2, 0.25) is 5.91 Å². The predicted molar refractivity (Wildman–Crippen MR) is 67.5 cm³/mol. The van der Waals surface area contributed by atoms with Crippen LogP contribution in [0, 0.1) is 11.8 Å². The molecule has 0 saturated heterocycles. The Morgan fingerprint density at radius 3 is 2.88 bits per heavy atom. The van der Waals surface area contributed by atoms with Crippen LogP contribution >= 0.6 is 0 Å². The minimum Gasteiger partial charge on any atom is -0.393 e. The molecule has 2 N–H and O–H groups in total. The molecule has 2 aliphatic carbocycles. The van der Waals surface area contributed by atoms with Gasteiger partial charge >= 0.3 is 0 Å². The first-order valence-electron chi connectivity index (χ1n) is 6.86. The minimum absolute atomic E-state index is 0.150. The van der Waals surface area contributed by atoms with Crippen LogP contribution in [0.3, 0.4) is 0 Å².